The predicted octanol–water partition coefficient (Wildman–Crippen LogP) is 3.45. The number of hydrogen-bond donors (Lipinski definition) is 2. The van der Waals surface area contributed by atoms with Gasteiger partial charge in [0.25, 0.3) is 0 Å². The van der Waals surface area contributed by atoms with Crippen LogP contribution in [0.25, 0.3) is 0 Å². The van der Waals surface area contributed by atoms with Gasteiger partial charge in [-0.25, -0.2) is 4.68 Å². The highest BCUT2D eigenvalue weighted by Crippen LogP contribution is 2.35. The Hall–Kier alpha value is -2.14. The van der Waals surface area contributed by atoms with E-state index in [1.165, 1.54) is 17.5 Å². The van der Waals surface area contributed by atoms with Gasteiger partial charge in [0.1, 0.15) is 5.82 Å². The van der Waals surface area contributed by atoms with Crippen LogP contribution in [0.3, 0.4) is 0 Å². The number of hydrogen-bond acceptors (Lipinski definition) is 3. The first-order valence-electron chi connectivity index (χ1n) is 9.85. The van der Waals surface area contributed by atoms with Gasteiger partial charge in [0.05, 0.1) is 12.2 Å². The molecule has 5 nitrogen and oxygen atoms in total. The molecular weight excluding hydrogens is 324 g/mol. The summed E-state index contributed by atoms with van der Waals surface area (Å²) < 4.78 is 2.03. The van der Waals surface area contributed by atoms with Gasteiger partial charge in [-0.3, -0.25) is 4.79 Å². The molecule has 1 amide bonds. The van der Waals surface area contributed by atoms with Gasteiger partial charge in [0, 0.05) is 12.0 Å². The molecule has 1 aliphatic carbocycles. The SMILES string of the molecule is Cc1cnn(C2CCCc3ccccc32)c1NC(=O)CCC1CCNC1. The van der Waals surface area contributed by atoms with Crippen LogP contribution in [0.4, 0.5) is 5.82 Å². The maximum Gasteiger partial charge on any atom is 0.225 e. The number of carbonyl (C=O) groups excluding carboxylic acids is 1. The van der Waals surface area contributed by atoms with E-state index in [1.807, 2.05) is 17.8 Å². The minimum atomic E-state index is 0.103. The largest absolute Gasteiger partial charge is 0.316 e. The average Bonchev–Trinajstić information content (AvgIpc) is 3.30. The summed E-state index contributed by atoms with van der Waals surface area (Å²) in [5, 5.41) is 11.1. The van der Waals surface area contributed by atoms with Crippen LogP contribution >= 0.6 is 0 Å². The van der Waals surface area contributed by atoms with E-state index in [9.17, 15) is 4.79 Å². The molecule has 1 saturated heterocycles. The van der Waals surface area contributed by atoms with Crippen molar-refractivity contribution in [3.8, 4) is 0 Å². The first kappa shape index (κ1) is 17.3. The smallest absolute Gasteiger partial charge is 0.225 e. The molecule has 2 atom stereocenters. The lowest BCUT2D eigenvalue weighted by molar-refractivity contribution is -0.116. The Morgan fingerprint density at radius 2 is 2.23 bits per heavy atom. The molecule has 2 heterocycles. The zero-order chi connectivity index (χ0) is 17.9. The van der Waals surface area contributed by atoms with Gasteiger partial charge in [-0.15, -0.1) is 0 Å². The van der Waals surface area contributed by atoms with E-state index in [0.717, 1.165) is 50.2 Å². The highest BCUT2D eigenvalue weighted by Gasteiger charge is 2.25. The van der Waals surface area contributed by atoms with Crippen LogP contribution in [0.2, 0.25) is 0 Å². The molecule has 26 heavy (non-hydrogen) atoms. The molecule has 0 saturated carbocycles. The van der Waals surface area contributed by atoms with Gasteiger partial charge in [-0.1, -0.05) is 24.3 Å². The standard InChI is InChI=1S/C21H28N4O/c1-15-13-23-25(19-8-4-6-17-5-2-3-7-18(17)19)21(15)24-20(26)10-9-16-11-12-22-14-16/h2-3,5,7,13,16,19,22H,4,6,8-12,14H2,1H3,(H,24,26). The van der Waals surface area contributed by atoms with E-state index in [4.69, 9.17) is 0 Å². The molecule has 1 aromatic carbocycles. The molecule has 138 valence electrons. The number of fused-ring (bicyclic) bond motifs is 1. The minimum absolute atomic E-state index is 0.103. The lowest BCUT2D eigenvalue weighted by atomic mass is 9.88. The lowest BCUT2D eigenvalue weighted by Crippen LogP contribution is -2.23. The van der Waals surface area contributed by atoms with Crippen LogP contribution in [0.1, 0.15) is 54.8 Å². The Balaban J connectivity index is 1.50. The van der Waals surface area contributed by atoms with Crippen LogP contribution in [0.5, 0.6) is 0 Å². The van der Waals surface area contributed by atoms with Crippen LogP contribution in [-0.2, 0) is 11.2 Å². The average molecular weight is 352 g/mol. The Labute approximate surface area is 155 Å². The van der Waals surface area contributed by atoms with Gasteiger partial charge in [-0.05, 0) is 69.2 Å². The third kappa shape index (κ3) is 3.54. The van der Waals surface area contributed by atoms with Crippen molar-refractivity contribution in [1.29, 1.82) is 0 Å². The molecule has 1 aliphatic heterocycles. The second-order valence-electron chi connectivity index (χ2n) is 7.67. The quantitative estimate of drug-likeness (QED) is 0.866. The zero-order valence-electron chi connectivity index (χ0n) is 15.5. The maximum atomic E-state index is 12.5. The molecule has 1 aromatic heterocycles. The van der Waals surface area contributed by atoms with Gasteiger partial charge < -0.3 is 10.6 Å². The fourth-order valence-electron chi connectivity index (χ4n) is 4.31. The van der Waals surface area contributed by atoms with Crippen molar-refractivity contribution >= 4 is 11.7 Å². The molecule has 5 heteroatoms. The summed E-state index contributed by atoms with van der Waals surface area (Å²) in [6.07, 6.45) is 7.94. The van der Waals surface area contributed by atoms with Gasteiger partial charge >= 0.3 is 0 Å². The Bertz CT molecular complexity index is 776. The summed E-state index contributed by atoms with van der Waals surface area (Å²) in [6.45, 7) is 4.15. The molecule has 1 fully saturated rings. The number of benzene rings is 1. The second kappa shape index (κ2) is 7.62. The molecule has 0 bridgehead atoms. The topological polar surface area (TPSA) is 59.0 Å². The molecule has 2 aliphatic rings. The van der Waals surface area contributed by atoms with Crippen molar-refractivity contribution in [2.24, 2.45) is 5.92 Å². The van der Waals surface area contributed by atoms with Gasteiger partial charge in [0.2, 0.25) is 5.91 Å². The van der Waals surface area contributed by atoms with Gasteiger partial charge in [-0.2, -0.15) is 5.10 Å². The summed E-state index contributed by atoms with van der Waals surface area (Å²) in [7, 11) is 0. The number of aromatic nitrogens is 2. The van der Waals surface area contributed by atoms with Crippen molar-refractivity contribution in [2.45, 2.75) is 51.5 Å². The monoisotopic (exact) mass is 352 g/mol. The zero-order valence-corrected chi connectivity index (χ0v) is 15.5. The Morgan fingerprint density at radius 3 is 3.08 bits per heavy atom. The van der Waals surface area contributed by atoms with Crippen molar-refractivity contribution in [1.82, 2.24) is 15.1 Å². The molecule has 2 N–H and O–H groups in total. The van der Waals surface area contributed by atoms with Crippen LogP contribution < -0.4 is 10.6 Å². The van der Waals surface area contributed by atoms with Crippen molar-refractivity contribution < 1.29 is 4.79 Å². The van der Waals surface area contributed by atoms with Crippen molar-refractivity contribution in [2.75, 3.05) is 18.4 Å². The summed E-state index contributed by atoms with van der Waals surface area (Å²) in [5.74, 6) is 1.60. The van der Waals surface area contributed by atoms with Crippen LogP contribution in [0, 0.1) is 12.8 Å². The van der Waals surface area contributed by atoms with Crippen molar-refractivity contribution in [3.63, 3.8) is 0 Å². The maximum absolute atomic E-state index is 12.5. The highest BCUT2D eigenvalue weighted by molar-refractivity contribution is 5.90. The Kier molecular flexibility index (Phi) is 5.07. The number of nitrogens with zero attached hydrogens (tertiary/aromatic N) is 2. The Morgan fingerprint density at radius 1 is 1.35 bits per heavy atom. The number of carbonyl (C=O) groups is 1. The van der Waals surface area contributed by atoms with Crippen LogP contribution in [-0.4, -0.2) is 28.8 Å². The first-order chi connectivity index (χ1) is 12.7. The first-order valence-corrected chi connectivity index (χ1v) is 9.85. The van der Waals surface area contributed by atoms with E-state index in [0.29, 0.717) is 12.3 Å². The summed E-state index contributed by atoms with van der Waals surface area (Å²) in [4.78, 5) is 12.5. The molecule has 0 radical (unpaired) electrons. The number of aryl methyl sites for hydroxylation is 2. The molecule has 0 spiro atoms. The third-order valence-electron chi connectivity index (χ3n) is 5.81. The van der Waals surface area contributed by atoms with E-state index in [2.05, 4.69) is 40.0 Å². The number of rotatable bonds is 5. The van der Waals surface area contributed by atoms with E-state index in [-0.39, 0.29) is 11.9 Å². The molecule has 4 rings (SSSR count). The normalized spacial score (nSPS) is 22.2. The van der Waals surface area contributed by atoms with Gasteiger partial charge in [0.15, 0.2) is 0 Å². The highest BCUT2D eigenvalue weighted by atomic mass is 16.1. The van der Waals surface area contributed by atoms with Crippen molar-refractivity contribution in [3.05, 3.63) is 47.2 Å². The lowest BCUT2D eigenvalue weighted by Gasteiger charge is -2.27. The summed E-state index contributed by atoms with van der Waals surface area (Å²) in [5.41, 5.74) is 3.78. The predicted molar refractivity (Wildman–Crippen MR) is 103 cm³/mol. The van der Waals surface area contributed by atoms with E-state index >= 15 is 0 Å². The fraction of sp³-hybridized carbons (Fsp3) is 0.524. The number of anilines is 1. The van der Waals surface area contributed by atoms with Crippen LogP contribution in [0.15, 0.2) is 30.5 Å². The summed E-state index contributed by atoms with van der Waals surface area (Å²) in [6, 6.07) is 8.83. The van der Waals surface area contributed by atoms with E-state index in [1.54, 1.807) is 0 Å². The second-order valence-corrected chi connectivity index (χ2v) is 7.67. The fourth-order valence-corrected chi connectivity index (χ4v) is 4.31. The number of amides is 1. The molecule has 2 aromatic rings. The third-order valence-corrected chi connectivity index (χ3v) is 5.81. The minimum Gasteiger partial charge on any atom is -0.316 e. The number of nitrogens with one attached hydrogen (secondary N) is 2. The molecule has 2 unspecified atom stereocenters. The molecular formula is C21H28N4O. The summed E-state index contributed by atoms with van der Waals surface area (Å²) >= 11 is 0. The van der Waals surface area contributed by atoms with E-state index < -0.39 is 0 Å².